The van der Waals surface area contributed by atoms with Crippen molar-refractivity contribution in [1.29, 1.82) is 0 Å². The molecule has 0 bridgehead atoms. The molecular weight excluding hydrogens is 472 g/mol. The molecule has 1 amide bonds. The van der Waals surface area contributed by atoms with Gasteiger partial charge in [0, 0.05) is 36.6 Å². The highest BCUT2D eigenvalue weighted by Gasteiger charge is 2.36. The number of carbonyl (C=O) groups is 3. The molecule has 190 valence electrons. The molecule has 2 aromatic carbocycles. The monoisotopic (exact) mass is 500 g/mol. The van der Waals surface area contributed by atoms with E-state index in [1.165, 1.54) is 7.11 Å². The van der Waals surface area contributed by atoms with E-state index in [0.29, 0.717) is 40.2 Å². The van der Waals surface area contributed by atoms with E-state index in [9.17, 15) is 14.4 Å². The maximum Gasteiger partial charge on any atom is 0.337 e. The summed E-state index contributed by atoms with van der Waals surface area (Å²) in [6.07, 6.45) is 3.51. The molecule has 1 aliphatic rings. The summed E-state index contributed by atoms with van der Waals surface area (Å²) in [6.45, 7) is 0.785. The van der Waals surface area contributed by atoms with E-state index in [-0.39, 0.29) is 12.3 Å². The van der Waals surface area contributed by atoms with Gasteiger partial charge in [-0.15, -0.1) is 0 Å². The van der Waals surface area contributed by atoms with Crippen LogP contribution >= 0.6 is 0 Å². The highest BCUT2D eigenvalue weighted by Crippen LogP contribution is 2.37. The fourth-order valence-electron chi connectivity index (χ4n) is 4.27. The lowest BCUT2D eigenvalue weighted by atomic mass is 9.90. The Labute approximate surface area is 214 Å². The number of ether oxygens (including phenoxy) is 1. The fraction of sp³-hybridized carbons (Fsp3) is 0.250. The summed E-state index contributed by atoms with van der Waals surface area (Å²) in [7, 11) is 5.29. The zero-order valence-electron chi connectivity index (χ0n) is 20.9. The second-order valence-corrected chi connectivity index (χ2v) is 9.09. The van der Waals surface area contributed by atoms with Crippen molar-refractivity contribution in [3.63, 3.8) is 0 Å². The van der Waals surface area contributed by atoms with Crippen molar-refractivity contribution < 1.29 is 24.2 Å². The van der Waals surface area contributed by atoms with Gasteiger partial charge in [0.05, 0.1) is 24.1 Å². The van der Waals surface area contributed by atoms with Crippen LogP contribution in [0.15, 0.2) is 65.9 Å². The number of anilines is 1. The third-order valence-electron chi connectivity index (χ3n) is 5.98. The number of aryl methyl sites for hydroxylation is 1. The van der Waals surface area contributed by atoms with Crippen molar-refractivity contribution in [3.8, 4) is 0 Å². The maximum atomic E-state index is 13.3. The second-order valence-electron chi connectivity index (χ2n) is 9.09. The number of esters is 1. The first kappa shape index (κ1) is 25.7. The molecule has 0 fully saturated rings. The minimum Gasteiger partial charge on any atom is -0.481 e. The van der Waals surface area contributed by atoms with Gasteiger partial charge in [-0.25, -0.2) is 4.79 Å². The number of nitrogens with one attached hydrogen (secondary N) is 1. The number of rotatable bonds is 9. The third-order valence-corrected chi connectivity index (χ3v) is 5.98. The van der Waals surface area contributed by atoms with Gasteiger partial charge < -0.3 is 20.1 Å². The number of carboxylic acid groups (broad SMARTS) is 1. The number of aromatic nitrogens is 1. The van der Waals surface area contributed by atoms with E-state index < -0.39 is 17.9 Å². The van der Waals surface area contributed by atoms with Crippen LogP contribution in [-0.4, -0.2) is 59.8 Å². The van der Waals surface area contributed by atoms with Crippen LogP contribution in [0.25, 0.3) is 0 Å². The molecular formula is C28H28N4O5. The van der Waals surface area contributed by atoms with E-state index in [1.54, 1.807) is 30.6 Å². The quantitative estimate of drug-likeness (QED) is 0.339. The first-order valence-electron chi connectivity index (χ1n) is 11.8. The van der Waals surface area contributed by atoms with Gasteiger partial charge in [0.1, 0.15) is 5.92 Å². The van der Waals surface area contributed by atoms with Crippen molar-refractivity contribution in [2.75, 3.05) is 26.5 Å². The highest BCUT2D eigenvalue weighted by atomic mass is 16.5. The molecule has 0 radical (unpaired) electrons. The fourth-order valence-corrected chi connectivity index (χ4v) is 4.27. The molecule has 0 saturated carbocycles. The average Bonchev–Trinajstić information content (AvgIpc) is 3.21. The summed E-state index contributed by atoms with van der Waals surface area (Å²) in [5, 5.41) is 11.9. The SMILES string of the molecule is COC(=O)c1ccc2c(c1)NC(=O)C2C(=Nc1ccc(CN(C)C)cc1)c1cncc(CCC(=O)O)c1. The molecule has 1 aromatic heterocycles. The minimum atomic E-state index is -0.900. The number of hydrogen-bond acceptors (Lipinski definition) is 7. The number of methoxy groups -OCH3 is 1. The molecule has 37 heavy (non-hydrogen) atoms. The van der Waals surface area contributed by atoms with Crippen LogP contribution in [0.5, 0.6) is 0 Å². The number of pyridine rings is 1. The number of aliphatic carboxylic acids is 1. The predicted molar refractivity (Wildman–Crippen MR) is 139 cm³/mol. The molecule has 0 saturated heterocycles. The van der Waals surface area contributed by atoms with Crippen LogP contribution in [0.1, 0.15) is 45.0 Å². The maximum absolute atomic E-state index is 13.3. The lowest BCUT2D eigenvalue weighted by Gasteiger charge is -2.15. The molecule has 0 spiro atoms. The Morgan fingerprint density at radius 3 is 2.49 bits per heavy atom. The normalized spacial score (nSPS) is 14.9. The summed E-state index contributed by atoms with van der Waals surface area (Å²) >= 11 is 0. The summed E-state index contributed by atoms with van der Waals surface area (Å²) < 4.78 is 4.80. The van der Waals surface area contributed by atoms with Gasteiger partial charge in [-0.1, -0.05) is 18.2 Å². The number of fused-ring (bicyclic) bond motifs is 1. The lowest BCUT2D eigenvalue weighted by Crippen LogP contribution is -2.22. The van der Waals surface area contributed by atoms with E-state index >= 15 is 0 Å². The van der Waals surface area contributed by atoms with Gasteiger partial charge in [-0.3, -0.25) is 19.6 Å². The largest absolute Gasteiger partial charge is 0.481 e. The van der Waals surface area contributed by atoms with Crippen molar-refractivity contribution in [2.24, 2.45) is 4.99 Å². The zero-order valence-corrected chi connectivity index (χ0v) is 20.9. The number of aliphatic imine (C=N–C) groups is 1. The Hall–Kier alpha value is -4.37. The lowest BCUT2D eigenvalue weighted by molar-refractivity contribution is -0.137. The zero-order chi connectivity index (χ0) is 26.5. The Kier molecular flexibility index (Phi) is 7.74. The van der Waals surface area contributed by atoms with Gasteiger partial charge >= 0.3 is 11.9 Å². The van der Waals surface area contributed by atoms with Crippen LogP contribution in [0.2, 0.25) is 0 Å². The van der Waals surface area contributed by atoms with Crippen LogP contribution < -0.4 is 5.32 Å². The molecule has 9 nitrogen and oxygen atoms in total. The Morgan fingerprint density at radius 2 is 1.81 bits per heavy atom. The number of carboxylic acids is 1. The number of amides is 1. The molecule has 2 N–H and O–H groups in total. The number of carbonyl (C=O) groups excluding carboxylic acids is 2. The Balaban J connectivity index is 1.79. The molecule has 0 aliphatic carbocycles. The van der Waals surface area contributed by atoms with Gasteiger partial charge in [-0.2, -0.15) is 0 Å². The van der Waals surface area contributed by atoms with Crippen molar-refractivity contribution in [1.82, 2.24) is 9.88 Å². The van der Waals surface area contributed by atoms with Crippen LogP contribution in [-0.2, 0) is 27.3 Å². The first-order chi connectivity index (χ1) is 17.7. The number of benzene rings is 2. The van der Waals surface area contributed by atoms with E-state index in [2.05, 4.69) is 15.2 Å². The summed E-state index contributed by atoms with van der Waals surface area (Å²) in [5.41, 5.74) is 5.14. The molecule has 2 heterocycles. The average molecular weight is 501 g/mol. The van der Waals surface area contributed by atoms with Crippen LogP contribution in [0.4, 0.5) is 11.4 Å². The van der Waals surface area contributed by atoms with Crippen molar-refractivity contribution >= 4 is 34.9 Å². The summed E-state index contributed by atoms with van der Waals surface area (Å²) in [5.74, 6) is -2.43. The molecule has 1 atom stereocenters. The highest BCUT2D eigenvalue weighted by molar-refractivity contribution is 6.24. The predicted octanol–water partition coefficient (Wildman–Crippen LogP) is 3.80. The number of hydrogen-bond donors (Lipinski definition) is 2. The molecule has 9 heteroatoms. The van der Waals surface area contributed by atoms with Gasteiger partial charge in [0.2, 0.25) is 5.91 Å². The second kappa shape index (κ2) is 11.1. The molecule has 3 aromatic rings. The minimum absolute atomic E-state index is 0.0337. The smallest absolute Gasteiger partial charge is 0.337 e. The van der Waals surface area contributed by atoms with Crippen molar-refractivity contribution in [2.45, 2.75) is 25.3 Å². The summed E-state index contributed by atoms with van der Waals surface area (Å²) in [4.78, 5) is 47.6. The van der Waals surface area contributed by atoms with E-state index in [1.807, 2.05) is 44.4 Å². The van der Waals surface area contributed by atoms with Gasteiger partial charge in [-0.05, 0) is 67.5 Å². The molecule has 1 unspecified atom stereocenters. The first-order valence-corrected chi connectivity index (χ1v) is 11.8. The number of nitrogens with zero attached hydrogens (tertiary/aromatic N) is 3. The summed E-state index contributed by atoms with van der Waals surface area (Å²) in [6, 6.07) is 14.5. The van der Waals surface area contributed by atoms with Gasteiger partial charge in [0.15, 0.2) is 0 Å². The Morgan fingerprint density at radius 1 is 1.05 bits per heavy atom. The van der Waals surface area contributed by atoms with Crippen LogP contribution in [0.3, 0.4) is 0 Å². The third kappa shape index (κ3) is 6.07. The van der Waals surface area contributed by atoms with Crippen molar-refractivity contribution in [3.05, 3.63) is 88.7 Å². The molecule has 4 rings (SSSR count). The van der Waals surface area contributed by atoms with Crippen LogP contribution in [0, 0.1) is 0 Å². The van der Waals surface area contributed by atoms with E-state index in [0.717, 1.165) is 17.7 Å². The van der Waals surface area contributed by atoms with E-state index in [4.69, 9.17) is 14.8 Å². The standard InChI is InChI=1S/C28H28N4O5/c1-32(2)16-17-4-8-21(9-5-17)30-26(20-12-18(14-29-15-20)6-11-24(33)34)25-22-10-7-19(28(36)37-3)13-23(22)31-27(25)35/h4-5,7-10,12-15,25H,6,11,16H2,1-3H3,(H,31,35)(H,33,34). The Bertz CT molecular complexity index is 1370. The molecule has 1 aliphatic heterocycles. The topological polar surface area (TPSA) is 121 Å². The van der Waals surface area contributed by atoms with Gasteiger partial charge in [0.25, 0.3) is 0 Å².